The van der Waals surface area contributed by atoms with Crippen LogP contribution in [-0.2, 0) is 24.0 Å². The standard InChI is InChI=1S/C20H26N2O2.ClH/c23-20-18-6-2-1-5-16(18)17-8-7-15(14-19(17)21-20)4-3-9-22-10-12-24-13-11-22;/h7-8,14H,1-6,9-13H2,(H,21,23);1H. The second kappa shape index (κ2) is 8.35. The minimum Gasteiger partial charge on any atom is -0.379 e. The number of aromatic amines is 1. The third-order valence-electron chi connectivity index (χ3n) is 5.44. The van der Waals surface area contributed by atoms with Gasteiger partial charge in [-0.3, -0.25) is 9.69 Å². The fourth-order valence-corrected chi connectivity index (χ4v) is 4.10. The Morgan fingerprint density at radius 1 is 1.08 bits per heavy atom. The third-order valence-corrected chi connectivity index (χ3v) is 5.44. The summed E-state index contributed by atoms with van der Waals surface area (Å²) in [5.74, 6) is 0. The fourth-order valence-electron chi connectivity index (χ4n) is 4.10. The lowest BCUT2D eigenvalue weighted by Crippen LogP contribution is -2.36. The molecule has 2 aliphatic rings. The van der Waals surface area contributed by atoms with Crippen molar-refractivity contribution in [2.24, 2.45) is 0 Å². The Kier molecular flexibility index (Phi) is 6.15. The van der Waals surface area contributed by atoms with Gasteiger partial charge in [0.25, 0.3) is 5.56 Å². The molecule has 1 aromatic heterocycles. The molecule has 0 unspecified atom stereocenters. The van der Waals surface area contributed by atoms with Gasteiger partial charge in [0, 0.05) is 29.6 Å². The summed E-state index contributed by atoms with van der Waals surface area (Å²) >= 11 is 0. The maximum atomic E-state index is 12.3. The number of aromatic nitrogens is 1. The number of benzene rings is 1. The Morgan fingerprint density at radius 2 is 1.84 bits per heavy atom. The van der Waals surface area contributed by atoms with Crippen molar-refractivity contribution in [3.8, 4) is 0 Å². The van der Waals surface area contributed by atoms with Crippen LogP contribution in [-0.4, -0.2) is 42.7 Å². The van der Waals surface area contributed by atoms with Crippen molar-refractivity contribution in [3.05, 3.63) is 45.2 Å². The highest BCUT2D eigenvalue weighted by Gasteiger charge is 2.16. The number of ether oxygens (including phenoxy) is 1. The molecule has 0 radical (unpaired) electrons. The van der Waals surface area contributed by atoms with Gasteiger partial charge in [-0.15, -0.1) is 12.4 Å². The summed E-state index contributed by atoms with van der Waals surface area (Å²) in [6.45, 7) is 4.96. The molecule has 25 heavy (non-hydrogen) atoms. The van der Waals surface area contributed by atoms with E-state index in [0.29, 0.717) is 0 Å². The number of rotatable bonds is 4. The van der Waals surface area contributed by atoms with Gasteiger partial charge in [-0.05, 0) is 62.3 Å². The highest BCUT2D eigenvalue weighted by Crippen LogP contribution is 2.26. The van der Waals surface area contributed by atoms with Gasteiger partial charge >= 0.3 is 0 Å². The maximum absolute atomic E-state index is 12.3. The summed E-state index contributed by atoms with van der Waals surface area (Å²) in [4.78, 5) is 17.9. The number of halogens is 1. The first-order valence-electron chi connectivity index (χ1n) is 9.28. The predicted molar refractivity (Wildman–Crippen MR) is 104 cm³/mol. The van der Waals surface area contributed by atoms with Crippen LogP contribution in [0, 0.1) is 0 Å². The molecule has 1 aliphatic heterocycles. The third kappa shape index (κ3) is 4.08. The van der Waals surface area contributed by atoms with E-state index in [1.54, 1.807) is 0 Å². The lowest BCUT2D eigenvalue weighted by atomic mass is 9.89. The van der Waals surface area contributed by atoms with E-state index in [4.69, 9.17) is 4.74 Å². The first-order valence-corrected chi connectivity index (χ1v) is 9.28. The quantitative estimate of drug-likeness (QED) is 0.909. The van der Waals surface area contributed by atoms with Crippen LogP contribution >= 0.6 is 12.4 Å². The number of hydrogen-bond acceptors (Lipinski definition) is 3. The van der Waals surface area contributed by atoms with Gasteiger partial charge in [-0.25, -0.2) is 0 Å². The van der Waals surface area contributed by atoms with E-state index in [9.17, 15) is 4.79 Å². The van der Waals surface area contributed by atoms with Crippen molar-refractivity contribution in [3.63, 3.8) is 0 Å². The van der Waals surface area contributed by atoms with E-state index < -0.39 is 0 Å². The van der Waals surface area contributed by atoms with Crippen molar-refractivity contribution in [1.82, 2.24) is 9.88 Å². The molecule has 0 saturated carbocycles. The van der Waals surface area contributed by atoms with Crippen molar-refractivity contribution >= 4 is 23.3 Å². The van der Waals surface area contributed by atoms with E-state index in [1.807, 2.05) is 0 Å². The van der Waals surface area contributed by atoms with Gasteiger partial charge in [0.1, 0.15) is 0 Å². The lowest BCUT2D eigenvalue weighted by molar-refractivity contribution is 0.0375. The summed E-state index contributed by atoms with van der Waals surface area (Å²) in [5, 5.41) is 1.25. The Labute approximate surface area is 155 Å². The van der Waals surface area contributed by atoms with Gasteiger partial charge in [0.05, 0.1) is 13.2 Å². The molecular weight excluding hydrogens is 336 g/mol. The minimum absolute atomic E-state index is 0. The molecule has 1 aromatic carbocycles. The van der Waals surface area contributed by atoms with Gasteiger partial charge in [-0.1, -0.05) is 12.1 Å². The highest BCUT2D eigenvalue weighted by atomic mass is 35.5. The summed E-state index contributed by atoms with van der Waals surface area (Å²) in [6.07, 6.45) is 6.54. The van der Waals surface area contributed by atoms with Crippen LogP contribution in [0.3, 0.4) is 0 Å². The number of H-pyrrole nitrogens is 1. The Hall–Kier alpha value is -1.36. The van der Waals surface area contributed by atoms with Crippen LogP contribution in [0.2, 0.25) is 0 Å². The first-order chi connectivity index (χ1) is 11.8. The fraction of sp³-hybridized carbons (Fsp3) is 0.550. The molecule has 1 saturated heterocycles. The lowest BCUT2D eigenvalue weighted by Gasteiger charge is -2.26. The average molecular weight is 363 g/mol. The number of fused-ring (bicyclic) bond motifs is 3. The van der Waals surface area contributed by atoms with E-state index in [-0.39, 0.29) is 18.0 Å². The monoisotopic (exact) mass is 362 g/mol. The molecule has 0 bridgehead atoms. The topological polar surface area (TPSA) is 45.3 Å². The second-order valence-corrected chi connectivity index (χ2v) is 7.06. The number of pyridine rings is 1. The number of aryl methyl sites for hydroxylation is 2. The Bertz CT molecular complexity index is 781. The highest BCUT2D eigenvalue weighted by molar-refractivity contribution is 5.85. The normalized spacial score (nSPS) is 17.9. The number of hydrogen-bond donors (Lipinski definition) is 1. The number of nitrogens with zero attached hydrogens (tertiary/aromatic N) is 1. The zero-order valence-corrected chi connectivity index (χ0v) is 15.5. The molecule has 1 aliphatic carbocycles. The first kappa shape index (κ1) is 18.4. The molecule has 5 heteroatoms. The van der Waals surface area contributed by atoms with E-state index >= 15 is 0 Å². The number of morpholine rings is 1. The van der Waals surface area contributed by atoms with Crippen LogP contribution in [0.4, 0.5) is 0 Å². The molecule has 136 valence electrons. The van der Waals surface area contributed by atoms with E-state index in [0.717, 1.165) is 76.0 Å². The van der Waals surface area contributed by atoms with Crippen LogP contribution in [0.1, 0.15) is 36.0 Å². The molecule has 2 heterocycles. The van der Waals surface area contributed by atoms with Crippen molar-refractivity contribution in [2.45, 2.75) is 38.5 Å². The molecule has 4 nitrogen and oxygen atoms in total. The second-order valence-electron chi connectivity index (χ2n) is 7.06. The summed E-state index contributed by atoms with van der Waals surface area (Å²) in [5.41, 5.74) is 4.78. The largest absolute Gasteiger partial charge is 0.379 e. The van der Waals surface area contributed by atoms with Gasteiger partial charge in [0.2, 0.25) is 0 Å². The molecule has 0 atom stereocenters. The summed E-state index contributed by atoms with van der Waals surface area (Å²) in [7, 11) is 0. The van der Waals surface area contributed by atoms with Crippen molar-refractivity contribution in [1.29, 1.82) is 0 Å². The van der Waals surface area contributed by atoms with Crippen LogP contribution in [0.15, 0.2) is 23.0 Å². The summed E-state index contributed by atoms with van der Waals surface area (Å²) < 4.78 is 5.39. The minimum atomic E-state index is 0. The smallest absolute Gasteiger partial charge is 0.251 e. The zero-order chi connectivity index (χ0) is 16.4. The Balaban J connectivity index is 0.00000182. The zero-order valence-electron chi connectivity index (χ0n) is 14.7. The Morgan fingerprint density at radius 3 is 2.64 bits per heavy atom. The van der Waals surface area contributed by atoms with Gasteiger partial charge < -0.3 is 9.72 Å². The van der Waals surface area contributed by atoms with Crippen molar-refractivity contribution in [2.75, 3.05) is 32.8 Å². The summed E-state index contributed by atoms with van der Waals surface area (Å²) in [6, 6.07) is 6.65. The van der Waals surface area contributed by atoms with Crippen LogP contribution < -0.4 is 5.56 Å². The van der Waals surface area contributed by atoms with E-state index in [1.165, 1.54) is 22.9 Å². The van der Waals surface area contributed by atoms with Crippen molar-refractivity contribution < 1.29 is 4.74 Å². The van der Waals surface area contributed by atoms with Crippen LogP contribution in [0.25, 0.3) is 10.9 Å². The molecule has 0 amide bonds. The molecule has 4 rings (SSSR count). The SMILES string of the molecule is Cl.O=c1[nH]c2cc(CCCN3CCOCC3)ccc2c2c1CCCC2. The van der Waals surface area contributed by atoms with Crippen LogP contribution in [0.5, 0.6) is 0 Å². The molecule has 1 N–H and O–H groups in total. The van der Waals surface area contributed by atoms with E-state index in [2.05, 4.69) is 28.1 Å². The number of nitrogens with one attached hydrogen (secondary N) is 1. The maximum Gasteiger partial charge on any atom is 0.251 e. The average Bonchev–Trinajstić information content (AvgIpc) is 2.63. The van der Waals surface area contributed by atoms with Gasteiger partial charge in [-0.2, -0.15) is 0 Å². The van der Waals surface area contributed by atoms with Gasteiger partial charge in [0.15, 0.2) is 0 Å². The molecule has 0 spiro atoms. The molecule has 1 fully saturated rings. The molecular formula is C20H27ClN2O2. The predicted octanol–water partition coefficient (Wildman–Crippen LogP) is 3.09. The molecule has 2 aromatic rings.